The van der Waals surface area contributed by atoms with Gasteiger partial charge in [-0.2, -0.15) is 0 Å². The highest BCUT2D eigenvalue weighted by Crippen LogP contribution is 2.19. The molecule has 2 nitrogen and oxygen atoms in total. The summed E-state index contributed by atoms with van der Waals surface area (Å²) in [4.78, 5) is 11.7. The van der Waals surface area contributed by atoms with Crippen molar-refractivity contribution in [3.8, 4) is 0 Å². The van der Waals surface area contributed by atoms with Gasteiger partial charge in [0.15, 0.2) is 0 Å². The number of carbonyl (C=O) groups excluding carboxylic acids is 1. The van der Waals surface area contributed by atoms with Crippen molar-refractivity contribution in [3.05, 3.63) is 34.6 Å². The Morgan fingerprint density at radius 2 is 2.25 bits per heavy atom. The van der Waals surface area contributed by atoms with Gasteiger partial charge in [0.05, 0.1) is 0 Å². The number of Topliss-reactive ketones (excluding diaryl/α,β-unsaturated/α-hetero) is 1. The largest absolute Gasteiger partial charge is 0.330 e. The summed E-state index contributed by atoms with van der Waals surface area (Å²) in [5, 5.41) is 0.299. The van der Waals surface area contributed by atoms with Crippen LogP contribution in [0.4, 0.5) is 4.39 Å². The SMILES string of the molecule is CC(CCN)C(=O)Cc1ccc(F)cc1Cl. The molecule has 0 aliphatic heterocycles. The average Bonchev–Trinajstić information content (AvgIpc) is 2.22. The molecule has 1 atom stereocenters. The van der Waals surface area contributed by atoms with Gasteiger partial charge in [0, 0.05) is 17.4 Å². The standard InChI is InChI=1S/C12H15ClFNO/c1-8(4-5-15)12(16)6-9-2-3-10(14)7-11(9)13/h2-3,7-8H,4-6,15H2,1H3. The van der Waals surface area contributed by atoms with Crippen LogP contribution in [0.5, 0.6) is 0 Å². The van der Waals surface area contributed by atoms with E-state index >= 15 is 0 Å². The highest BCUT2D eigenvalue weighted by molar-refractivity contribution is 6.31. The molecule has 1 rings (SSSR count). The van der Waals surface area contributed by atoms with Crippen molar-refractivity contribution < 1.29 is 9.18 Å². The average molecular weight is 244 g/mol. The highest BCUT2D eigenvalue weighted by Gasteiger charge is 2.14. The maximum Gasteiger partial charge on any atom is 0.140 e. The normalized spacial score (nSPS) is 12.5. The van der Waals surface area contributed by atoms with Crippen molar-refractivity contribution in [2.75, 3.05) is 6.54 Å². The minimum atomic E-state index is -0.392. The monoisotopic (exact) mass is 243 g/mol. The lowest BCUT2D eigenvalue weighted by Gasteiger charge is -2.09. The first kappa shape index (κ1) is 13.1. The van der Waals surface area contributed by atoms with E-state index in [0.29, 0.717) is 23.6 Å². The Morgan fingerprint density at radius 3 is 2.81 bits per heavy atom. The zero-order valence-corrected chi connectivity index (χ0v) is 9.93. The number of nitrogens with two attached hydrogens (primary N) is 1. The smallest absolute Gasteiger partial charge is 0.140 e. The van der Waals surface area contributed by atoms with Crippen molar-refractivity contribution in [3.63, 3.8) is 0 Å². The molecule has 4 heteroatoms. The molecule has 0 radical (unpaired) electrons. The third-order valence-electron chi connectivity index (χ3n) is 2.53. The minimum absolute atomic E-state index is 0.0777. The van der Waals surface area contributed by atoms with Crippen molar-refractivity contribution >= 4 is 17.4 Å². The molecule has 0 aliphatic carbocycles. The predicted octanol–water partition coefficient (Wildman–Crippen LogP) is 2.58. The molecule has 0 heterocycles. The van der Waals surface area contributed by atoms with Crippen LogP contribution in [-0.2, 0) is 11.2 Å². The number of hydrogen-bond donors (Lipinski definition) is 1. The Morgan fingerprint density at radius 1 is 1.56 bits per heavy atom. The first-order chi connectivity index (χ1) is 7.54. The molecule has 16 heavy (non-hydrogen) atoms. The summed E-state index contributed by atoms with van der Waals surface area (Å²) in [6, 6.07) is 4.07. The van der Waals surface area contributed by atoms with Crippen LogP contribution in [0.25, 0.3) is 0 Å². The Balaban J connectivity index is 2.69. The summed E-state index contributed by atoms with van der Waals surface area (Å²) < 4.78 is 12.8. The minimum Gasteiger partial charge on any atom is -0.330 e. The van der Waals surface area contributed by atoms with E-state index < -0.39 is 5.82 Å². The first-order valence-corrected chi connectivity index (χ1v) is 5.59. The summed E-state index contributed by atoms with van der Waals surface area (Å²) in [5.41, 5.74) is 6.05. The van der Waals surface area contributed by atoms with Crippen molar-refractivity contribution in [1.82, 2.24) is 0 Å². The van der Waals surface area contributed by atoms with Crippen LogP contribution in [0.3, 0.4) is 0 Å². The van der Waals surface area contributed by atoms with Crippen molar-refractivity contribution in [1.29, 1.82) is 0 Å². The molecule has 1 aromatic rings. The Kier molecular flexibility index (Phi) is 4.90. The van der Waals surface area contributed by atoms with E-state index in [1.165, 1.54) is 12.1 Å². The van der Waals surface area contributed by atoms with Crippen LogP contribution >= 0.6 is 11.6 Å². The molecular formula is C12H15ClFNO. The van der Waals surface area contributed by atoms with Crippen molar-refractivity contribution in [2.24, 2.45) is 11.7 Å². The molecule has 0 aromatic heterocycles. The van der Waals surface area contributed by atoms with Gasteiger partial charge in [-0.25, -0.2) is 4.39 Å². The fourth-order valence-electron chi connectivity index (χ4n) is 1.44. The molecule has 0 aliphatic rings. The van der Waals surface area contributed by atoms with Crippen LogP contribution in [0.15, 0.2) is 18.2 Å². The molecule has 0 saturated heterocycles. The van der Waals surface area contributed by atoms with Gasteiger partial charge in [-0.1, -0.05) is 24.6 Å². The fraction of sp³-hybridized carbons (Fsp3) is 0.417. The summed E-state index contributed by atoms with van der Waals surface area (Å²) >= 11 is 5.84. The molecule has 0 bridgehead atoms. The van der Waals surface area contributed by atoms with Crippen LogP contribution in [0, 0.1) is 11.7 Å². The van der Waals surface area contributed by atoms with Crippen LogP contribution in [0.2, 0.25) is 5.02 Å². The van der Waals surface area contributed by atoms with E-state index in [9.17, 15) is 9.18 Å². The lowest BCUT2D eigenvalue weighted by molar-refractivity contribution is -0.121. The third kappa shape index (κ3) is 3.58. The van der Waals surface area contributed by atoms with Gasteiger partial charge in [-0.15, -0.1) is 0 Å². The van der Waals surface area contributed by atoms with E-state index in [1.807, 2.05) is 6.92 Å². The quantitative estimate of drug-likeness (QED) is 0.864. The molecule has 88 valence electrons. The van der Waals surface area contributed by atoms with E-state index in [2.05, 4.69) is 0 Å². The van der Waals surface area contributed by atoms with Gasteiger partial charge in [-0.05, 0) is 30.7 Å². The zero-order chi connectivity index (χ0) is 12.1. The number of benzene rings is 1. The molecule has 0 amide bonds. The lowest BCUT2D eigenvalue weighted by atomic mass is 9.97. The maximum absolute atomic E-state index is 12.8. The van der Waals surface area contributed by atoms with Crippen LogP contribution < -0.4 is 5.73 Å². The van der Waals surface area contributed by atoms with Gasteiger partial charge < -0.3 is 5.73 Å². The number of carbonyl (C=O) groups is 1. The lowest BCUT2D eigenvalue weighted by Crippen LogP contribution is -2.17. The Labute approximate surface area is 99.6 Å². The highest BCUT2D eigenvalue weighted by atomic mass is 35.5. The Bertz CT molecular complexity index is 381. The zero-order valence-electron chi connectivity index (χ0n) is 9.17. The molecule has 0 spiro atoms. The van der Waals surface area contributed by atoms with Gasteiger partial charge in [0.2, 0.25) is 0 Å². The molecule has 1 unspecified atom stereocenters. The number of hydrogen-bond acceptors (Lipinski definition) is 2. The van der Waals surface area contributed by atoms with Crippen LogP contribution in [-0.4, -0.2) is 12.3 Å². The summed E-state index contributed by atoms with van der Waals surface area (Å²) in [7, 11) is 0. The second kappa shape index (κ2) is 5.97. The van der Waals surface area contributed by atoms with E-state index in [4.69, 9.17) is 17.3 Å². The fourth-order valence-corrected chi connectivity index (χ4v) is 1.67. The number of ketones is 1. The van der Waals surface area contributed by atoms with E-state index in [0.717, 1.165) is 0 Å². The summed E-state index contributed by atoms with van der Waals surface area (Å²) in [6.07, 6.45) is 0.901. The topological polar surface area (TPSA) is 43.1 Å². The van der Waals surface area contributed by atoms with Crippen molar-refractivity contribution in [2.45, 2.75) is 19.8 Å². The molecular weight excluding hydrogens is 229 g/mol. The van der Waals surface area contributed by atoms with Gasteiger partial charge in [-0.3, -0.25) is 4.79 Å². The maximum atomic E-state index is 12.8. The molecule has 2 N–H and O–H groups in total. The summed E-state index contributed by atoms with van der Waals surface area (Å²) in [5.74, 6) is -0.388. The second-order valence-electron chi connectivity index (χ2n) is 3.86. The second-order valence-corrected chi connectivity index (χ2v) is 4.26. The number of halogens is 2. The van der Waals surface area contributed by atoms with Crippen LogP contribution in [0.1, 0.15) is 18.9 Å². The molecule has 0 saturated carbocycles. The molecule has 0 fully saturated rings. The predicted molar refractivity (Wildman–Crippen MR) is 63.0 cm³/mol. The van der Waals surface area contributed by atoms with Gasteiger partial charge in [0.1, 0.15) is 11.6 Å². The first-order valence-electron chi connectivity index (χ1n) is 5.21. The third-order valence-corrected chi connectivity index (χ3v) is 2.88. The molecule has 1 aromatic carbocycles. The van der Waals surface area contributed by atoms with Gasteiger partial charge >= 0.3 is 0 Å². The summed E-state index contributed by atoms with van der Waals surface area (Å²) in [6.45, 7) is 2.33. The Hall–Kier alpha value is -0.930. The van der Waals surface area contributed by atoms with Gasteiger partial charge in [0.25, 0.3) is 0 Å². The van der Waals surface area contributed by atoms with E-state index in [-0.39, 0.29) is 18.1 Å². The number of rotatable bonds is 5. The van der Waals surface area contributed by atoms with E-state index in [1.54, 1.807) is 6.07 Å².